The number of aromatic amines is 1. The summed E-state index contributed by atoms with van der Waals surface area (Å²) >= 11 is 5.29. The molecule has 3 N–H and O–H groups in total. The fourth-order valence-corrected chi connectivity index (χ4v) is 2.62. The van der Waals surface area contributed by atoms with E-state index in [1.54, 1.807) is 4.90 Å². The van der Waals surface area contributed by atoms with Crippen LogP contribution < -0.4 is 10.9 Å². The number of nitrogens with one attached hydrogen (secondary N) is 2. The third kappa shape index (κ3) is 3.84. The van der Waals surface area contributed by atoms with Crippen LogP contribution in [0.5, 0.6) is 0 Å². The second-order valence-corrected chi connectivity index (χ2v) is 5.58. The lowest BCUT2D eigenvalue weighted by Gasteiger charge is -2.24. The van der Waals surface area contributed by atoms with Gasteiger partial charge in [0.1, 0.15) is 0 Å². The third-order valence-corrected chi connectivity index (χ3v) is 3.83. The molecule has 0 fully saturated rings. The van der Waals surface area contributed by atoms with Crippen molar-refractivity contribution in [1.82, 2.24) is 15.2 Å². The van der Waals surface area contributed by atoms with E-state index in [-0.39, 0.29) is 12.2 Å². The van der Waals surface area contributed by atoms with Crippen molar-refractivity contribution in [3.8, 4) is 0 Å². The molecule has 0 spiro atoms. The van der Waals surface area contributed by atoms with Crippen molar-refractivity contribution >= 4 is 28.2 Å². The Morgan fingerprint density at radius 2 is 2.18 bits per heavy atom. The van der Waals surface area contributed by atoms with Gasteiger partial charge in [-0.2, -0.15) is 0 Å². The topological polar surface area (TPSA) is 68.4 Å². The second-order valence-electron chi connectivity index (χ2n) is 5.20. The van der Waals surface area contributed by atoms with Crippen LogP contribution in [0.1, 0.15) is 18.1 Å². The third-order valence-electron chi connectivity index (χ3n) is 3.42. The highest BCUT2D eigenvalue weighted by molar-refractivity contribution is 7.80. The van der Waals surface area contributed by atoms with Crippen molar-refractivity contribution < 1.29 is 5.11 Å². The largest absolute Gasteiger partial charge is 0.395 e. The Hall–Kier alpha value is -1.92. The van der Waals surface area contributed by atoms with Crippen LogP contribution in [0.4, 0.5) is 0 Å². The summed E-state index contributed by atoms with van der Waals surface area (Å²) in [6.07, 6.45) is 0. The Bertz CT molecular complexity index is 727. The molecule has 22 heavy (non-hydrogen) atoms. The van der Waals surface area contributed by atoms with Gasteiger partial charge in [-0.15, -0.1) is 0 Å². The zero-order chi connectivity index (χ0) is 16.1. The number of rotatable bonds is 5. The van der Waals surface area contributed by atoms with Crippen molar-refractivity contribution in [2.45, 2.75) is 20.4 Å². The van der Waals surface area contributed by atoms with Crippen LogP contribution in [0.25, 0.3) is 10.9 Å². The van der Waals surface area contributed by atoms with E-state index in [1.165, 1.54) is 0 Å². The summed E-state index contributed by atoms with van der Waals surface area (Å²) < 4.78 is 0. The molecule has 0 bridgehead atoms. The van der Waals surface area contributed by atoms with Crippen molar-refractivity contribution in [2.75, 3.05) is 19.7 Å². The highest BCUT2D eigenvalue weighted by atomic mass is 32.1. The molecule has 5 nitrogen and oxygen atoms in total. The van der Waals surface area contributed by atoms with E-state index in [9.17, 15) is 9.90 Å². The summed E-state index contributed by atoms with van der Waals surface area (Å²) in [4.78, 5) is 17.0. The van der Waals surface area contributed by atoms with E-state index >= 15 is 0 Å². The molecule has 0 saturated carbocycles. The molecule has 0 aliphatic heterocycles. The molecule has 2 aromatic rings. The van der Waals surface area contributed by atoms with Crippen molar-refractivity contribution in [3.63, 3.8) is 0 Å². The van der Waals surface area contributed by atoms with Crippen LogP contribution >= 0.6 is 12.2 Å². The van der Waals surface area contributed by atoms with Gasteiger partial charge >= 0.3 is 0 Å². The maximum atomic E-state index is 12.3. The number of aryl methyl sites for hydroxylation is 1. The van der Waals surface area contributed by atoms with Crippen LogP contribution in [-0.4, -0.2) is 39.8 Å². The molecule has 1 aromatic carbocycles. The average Bonchev–Trinajstić information content (AvgIpc) is 2.47. The normalized spacial score (nSPS) is 10.7. The van der Waals surface area contributed by atoms with Crippen LogP contribution in [-0.2, 0) is 6.54 Å². The molecule has 0 aliphatic rings. The van der Waals surface area contributed by atoms with Gasteiger partial charge in [-0.25, -0.2) is 0 Å². The van der Waals surface area contributed by atoms with Gasteiger partial charge in [0.25, 0.3) is 5.56 Å². The monoisotopic (exact) mass is 319 g/mol. The summed E-state index contributed by atoms with van der Waals surface area (Å²) in [6, 6.07) is 7.84. The number of aliphatic hydroxyl groups is 1. The van der Waals surface area contributed by atoms with E-state index in [1.807, 2.05) is 38.1 Å². The first-order valence-corrected chi connectivity index (χ1v) is 7.72. The molecule has 118 valence electrons. The van der Waals surface area contributed by atoms with E-state index < -0.39 is 0 Å². The van der Waals surface area contributed by atoms with Crippen LogP contribution in [0, 0.1) is 6.92 Å². The standard InChI is InChI=1S/C16H21N3O2S/c1-3-17-16(22)19(6-7-20)10-13-9-12-5-4-11(2)8-14(12)18-15(13)21/h4-5,8-9,20H,3,6-7,10H2,1-2H3,(H,17,22)(H,18,21). The molecule has 0 aliphatic carbocycles. The molecule has 0 amide bonds. The quantitative estimate of drug-likeness (QED) is 0.729. The Kier molecular flexibility index (Phi) is 5.51. The minimum Gasteiger partial charge on any atom is -0.395 e. The highest BCUT2D eigenvalue weighted by Gasteiger charge is 2.12. The lowest BCUT2D eigenvalue weighted by Crippen LogP contribution is -2.41. The summed E-state index contributed by atoms with van der Waals surface area (Å²) in [5.74, 6) is 0. The first kappa shape index (κ1) is 16.5. The predicted octanol–water partition coefficient (Wildman–Crippen LogP) is 1.53. The number of H-pyrrole nitrogens is 1. The zero-order valence-corrected chi connectivity index (χ0v) is 13.7. The SMILES string of the molecule is CCNC(=S)N(CCO)Cc1cc2ccc(C)cc2[nH]c1=O. The number of aromatic nitrogens is 1. The molecule has 2 rings (SSSR count). The Morgan fingerprint density at radius 3 is 2.86 bits per heavy atom. The van der Waals surface area contributed by atoms with Crippen LogP contribution in [0.2, 0.25) is 0 Å². The Morgan fingerprint density at radius 1 is 1.41 bits per heavy atom. The molecule has 0 saturated heterocycles. The number of hydrogen-bond donors (Lipinski definition) is 3. The number of thiocarbonyl (C=S) groups is 1. The summed E-state index contributed by atoms with van der Waals surface area (Å²) in [5, 5.41) is 13.8. The lowest BCUT2D eigenvalue weighted by molar-refractivity contribution is 0.245. The molecular weight excluding hydrogens is 298 g/mol. The molecule has 0 unspecified atom stereocenters. The van der Waals surface area contributed by atoms with Gasteiger partial charge < -0.3 is 20.3 Å². The van der Waals surface area contributed by atoms with Gasteiger partial charge in [0.15, 0.2) is 5.11 Å². The maximum absolute atomic E-state index is 12.3. The smallest absolute Gasteiger partial charge is 0.253 e. The highest BCUT2D eigenvalue weighted by Crippen LogP contribution is 2.14. The molecule has 1 heterocycles. The second kappa shape index (κ2) is 7.38. The number of benzene rings is 1. The number of nitrogens with zero attached hydrogens (tertiary/aromatic N) is 1. The first-order chi connectivity index (χ1) is 10.5. The van der Waals surface area contributed by atoms with Crippen molar-refractivity contribution in [3.05, 3.63) is 45.7 Å². The Balaban J connectivity index is 2.32. The van der Waals surface area contributed by atoms with Gasteiger partial charge in [0.2, 0.25) is 0 Å². The van der Waals surface area contributed by atoms with Gasteiger partial charge in [0.05, 0.1) is 13.2 Å². The minimum absolute atomic E-state index is 0.0176. The Labute approximate surface area is 135 Å². The number of fused-ring (bicyclic) bond motifs is 1. The lowest BCUT2D eigenvalue weighted by atomic mass is 10.1. The van der Waals surface area contributed by atoms with E-state index in [0.29, 0.717) is 30.3 Å². The van der Waals surface area contributed by atoms with Crippen LogP contribution in [0.3, 0.4) is 0 Å². The van der Waals surface area contributed by atoms with E-state index in [0.717, 1.165) is 16.5 Å². The molecular formula is C16H21N3O2S. The summed E-state index contributed by atoms with van der Waals surface area (Å²) in [7, 11) is 0. The fraction of sp³-hybridized carbons (Fsp3) is 0.375. The van der Waals surface area contributed by atoms with Gasteiger partial charge in [-0.3, -0.25) is 4.79 Å². The van der Waals surface area contributed by atoms with Gasteiger partial charge in [0, 0.05) is 24.2 Å². The maximum Gasteiger partial charge on any atom is 0.253 e. The zero-order valence-electron chi connectivity index (χ0n) is 12.8. The molecule has 6 heteroatoms. The predicted molar refractivity (Wildman–Crippen MR) is 93.1 cm³/mol. The first-order valence-electron chi connectivity index (χ1n) is 7.31. The van der Waals surface area contributed by atoms with E-state index in [2.05, 4.69) is 10.3 Å². The summed E-state index contributed by atoms with van der Waals surface area (Å²) in [5.41, 5.74) is 2.44. The number of pyridine rings is 1. The van der Waals surface area contributed by atoms with Crippen LogP contribution in [0.15, 0.2) is 29.1 Å². The molecule has 1 aromatic heterocycles. The van der Waals surface area contributed by atoms with Gasteiger partial charge in [-0.05, 0) is 49.1 Å². The summed E-state index contributed by atoms with van der Waals surface area (Å²) in [6.45, 7) is 5.38. The average molecular weight is 319 g/mol. The van der Waals surface area contributed by atoms with Crippen molar-refractivity contribution in [2.24, 2.45) is 0 Å². The van der Waals surface area contributed by atoms with E-state index in [4.69, 9.17) is 12.2 Å². The molecule has 0 atom stereocenters. The minimum atomic E-state index is -0.125. The number of aliphatic hydroxyl groups excluding tert-OH is 1. The molecule has 0 radical (unpaired) electrons. The number of hydrogen-bond acceptors (Lipinski definition) is 3. The van der Waals surface area contributed by atoms with Gasteiger partial charge in [-0.1, -0.05) is 12.1 Å². The fourth-order valence-electron chi connectivity index (χ4n) is 2.32. The van der Waals surface area contributed by atoms with Crippen molar-refractivity contribution in [1.29, 1.82) is 0 Å².